The zero-order chi connectivity index (χ0) is 19.6. The van der Waals surface area contributed by atoms with Crippen molar-refractivity contribution in [3.63, 3.8) is 0 Å². The highest BCUT2D eigenvalue weighted by Gasteiger charge is 2.19. The molecule has 26 heavy (non-hydrogen) atoms. The molecular weight excluding hydrogens is 354 g/mol. The maximum atomic E-state index is 6.24. The highest BCUT2D eigenvalue weighted by atomic mass is 28.4. The lowest BCUT2D eigenvalue weighted by Gasteiger charge is -2.21. The molecular formula is C21H39NO2Si2. The Labute approximate surface area is 163 Å². The van der Waals surface area contributed by atoms with E-state index in [1.54, 1.807) is 0 Å². The minimum absolute atomic E-state index is 0.929. The van der Waals surface area contributed by atoms with Gasteiger partial charge in [0.1, 0.15) is 5.75 Å². The molecule has 0 N–H and O–H groups in total. The van der Waals surface area contributed by atoms with E-state index in [1.807, 2.05) is 6.21 Å². The fourth-order valence-corrected chi connectivity index (χ4v) is 3.84. The van der Waals surface area contributed by atoms with Gasteiger partial charge >= 0.3 is 0 Å². The van der Waals surface area contributed by atoms with Gasteiger partial charge in [-0.05, 0) is 69.8 Å². The number of hydrogen-bond donors (Lipinski definition) is 0. The van der Waals surface area contributed by atoms with Crippen LogP contribution in [0.5, 0.6) is 5.75 Å². The summed E-state index contributed by atoms with van der Waals surface area (Å²) < 4.78 is 11.9. The Morgan fingerprint density at radius 1 is 0.885 bits per heavy atom. The molecule has 0 spiro atoms. The molecule has 5 heteroatoms. The van der Waals surface area contributed by atoms with Crippen LogP contribution in [0.4, 0.5) is 0 Å². The van der Waals surface area contributed by atoms with Gasteiger partial charge in [0.15, 0.2) is 0 Å². The maximum Gasteiger partial charge on any atom is 0.278 e. The summed E-state index contributed by atoms with van der Waals surface area (Å²) in [5.74, 6) is 0.929. The number of oxime groups is 1. The number of nitrogens with zero attached hydrogens (tertiary/aromatic N) is 1. The van der Waals surface area contributed by atoms with Crippen molar-refractivity contribution in [3.8, 4) is 5.75 Å². The van der Waals surface area contributed by atoms with Crippen molar-refractivity contribution >= 4 is 22.8 Å². The molecule has 0 aliphatic carbocycles. The average molecular weight is 394 g/mol. The van der Waals surface area contributed by atoms with Gasteiger partial charge in [-0.25, -0.2) is 0 Å². The lowest BCUT2D eigenvalue weighted by Crippen LogP contribution is -2.29. The van der Waals surface area contributed by atoms with Gasteiger partial charge in [0.05, 0.1) is 6.21 Å². The van der Waals surface area contributed by atoms with Crippen LogP contribution < -0.4 is 4.43 Å². The van der Waals surface area contributed by atoms with E-state index in [0.29, 0.717) is 0 Å². The Morgan fingerprint density at radius 2 is 1.54 bits per heavy atom. The first-order chi connectivity index (χ1) is 12.1. The van der Waals surface area contributed by atoms with E-state index in [9.17, 15) is 0 Å². The molecule has 0 bridgehead atoms. The highest BCUT2D eigenvalue weighted by molar-refractivity contribution is 6.70. The van der Waals surface area contributed by atoms with E-state index in [1.165, 1.54) is 44.1 Å². The van der Waals surface area contributed by atoms with Crippen molar-refractivity contribution in [2.45, 2.75) is 91.2 Å². The summed E-state index contributed by atoms with van der Waals surface area (Å²) in [7, 11) is -3.32. The smallest absolute Gasteiger partial charge is 0.278 e. The number of hydrogen-bond acceptors (Lipinski definition) is 3. The SMILES string of the molecule is CCCCCCCCc1ccc(O[Si](C)(C)C)c(/C=N/O[Si](C)(C)C)c1. The van der Waals surface area contributed by atoms with Crippen LogP contribution in [-0.4, -0.2) is 22.8 Å². The molecule has 0 unspecified atom stereocenters. The lowest BCUT2D eigenvalue weighted by molar-refractivity contribution is 0.338. The van der Waals surface area contributed by atoms with Crippen LogP contribution in [0.15, 0.2) is 23.4 Å². The topological polar surface area (TPSA) is 30.8 Å². The zero-order valence-electron chi connectivity index (χ0n) is 18.0. The minimum Gasteiger partial charge on any atom is -0.544 e. The van der Waals surface area contributed by atoms with Gasteiger partial charge in [-0.15, -0.1) is 5.16 Å². The van der Waals surface area contributed by atoms with Gasteiger partial charge < -0.3 is 8.95 Å². The summed E-state index contributed by atoms with van der Waals surface area (Å²) >= 11 is 0. The van der Waals surface area contributed by atoms with Crippen molar-refractivity contribution in [3.05, 3.63) is 29.3 Å². The molecule has 0 saturated heterocycles. The first kappa shape index (κ1) is 23.0. The maximum absolute atomic E-state index is 6.24. The Kier molecular flexibility index (Phi) is 9.65. The fourth-order valence-electron chi connectivity index (χ4n) is 2.63. The van der Waals surface area contributed by atoms with Crippen molar-refractivity contribution in [2.24, 2.45) is 5.16 Å². The molecule has 0 fully saturated rings. The molecule has 0 aromatic heterocycles. The molecule has 1 rings (SSSR count). The molecule has 0 heterocycles. The third-order valence-electron chi connectivity index (χ3n) is 3.83. The standard InChI is InChI=1S/C21H39NO2Si2/c1-8-9-10-11-12-13-14-19-15-16-21(23-25(2,3)4)20(17-19)18-22-24-26(5,6)7/h15-18H,8-14H2,1-7H3/b22-18+. The van der Waals surface area contributed by atoms with E-state index in [4.69, 9.17) is 8.95 Å². The molecule has 0 saturated carbocycles. The summed E-state index contributed by atoms with van der Waals surface area (Å²) in [5.41, 5.74) is 2.40. The Morgan fingerprint density at radius 3 is 2.15 bits per heavy atom. The summed E-state index contributed by atoms with van der Waals surface area (Å²) in [5, 5.41) is 4.25. The molecule has 148 valence electrons. The predicted octanol–water partition coefficient (Wildman–Crippen LogP) is 6.99. The van der Waals surface area contributed by atoms with Crippen LogP contribution in [-0.2, 0) is 10.9 Å². The molecule has 0 atom stereocenters. The van der Waals surface area contributed by atoms with E-state index in [0.717, 1.165) is 17.7 Å². The molecule has 0 amide bonds. The van der Waals surface area contributed by atoms with E-state index >= 15 is 0 Å². The zero-order valence-corrected chi connectivity index (χ0v) is 20.0. The molecule has 3 nitrogen and oxygen atoms in total. The first-order valence-corrected chi connectivity index (χ1v) is 17.0. The molecule has 0 aliphatic heterocycles. The second-order valence-corrected chi connectivity index (χ2v) is 17.9. The van der Waals surface area contributed by atoms with Gasteiger partial charge in [-0.2, -0.15) is 0 Å². The number of rotatable bonds is 12. The number of aryl methyl sites for hydroxylation is 1. The lowest BCUT2D eigenvalue weighted by atomic mass is 10.0. The van der Waals surface area contributed by atoms with Gasteiger partial charge in [0, 0.05) is 5.56 Å². The van der Waals surface area contributed by atoms with E-state index in [-0.39, 0.29) is 0 Å². The largest absolute Gasteiger partial charge is 0.544 e. The van der Waals surface area contributed by atoms with Gasteiger partial charge in [0.25, 0.3) is 8.32 Å². The Balaban J connectivity index is 2.77. The molecule has 1 aromatic rings. The Hall–Kier alpha value is -1.08. The number of benzene rings is 1. The highest BCUT2D eigenvalue weighted by Crippen LogP contribution is 2.23. The summed E-state index contributed by atoms with van der Waals surface area (Å²) in [4.78, 5) is 0. The second-order valence-electron chi connectivity index (χ2n) is 9.04. The van der Waals surface area contributed by atoms with Crippen molar-refractivity contribution in [2.75, 3.05) is 0 Å². The van der Waals surface area contributed by atoms with Crippen LogP contribution in [0.1, 0.15) is 56.6 Å². The third kappa shape index (κ3) is 10.8. The summed E-state index contributed by atoms with van der Waals surface area (Å²) in [6.07, 6.45) is 10.9. The summed E-state index contributed by atoms with van der Waals surface area (Å²) in [6, 6.07) is 6.54. The van der Waals surface area contributed by atoms with Crippen LogP contribution in [0.25, 0.3) is 0 Å². The van der Waals surface area contributed by atoms with E-state index < -0.39 is 16.6 Å². The average Bonchev–Trinajstić information content (AvgIpc) is 2.50. The molecule has 0 radical (unpaired) electrons. The molecule has 1 aromatic carbocycles. The van der Waals surface area contributed by atoms with Crippen molar-refractivity contribution < 1.29 is 8.95 Å². The second kappa shape index (κ2) is 10.9. The van der Waals surface area contributed by atoms with Gasteiger partial charge in [-0.1, -0.05) is 45.1 Å². The monoisotopic (exact) mass is 393 g/mol. The third-order valence-corrected chi connectivity index (χ3v) is 5.31. The van der Waals surface area contributed by atoms with Gasteiger partial charge in [0.2, 0.25) is 8.32 Å². The molecule has 0 aliphatic rings. The van der Waals surface area contributed by atoms with Crippen molar-refractivity contribution in [1.29, 1.82) is 0 Å². The van der Waals surface area contributed by atoms with Crippen LogP contribution in [0.3, 0.4) is 0 Å². The van der Waals surface area contributed by atoms with Crippen LogP contribution >= 0.6 is 0 Å². The Bertz CT molecular complexity index is 560. The van der Waals surface area contributed by atoms with Crippen molar-refractivity contribution in [1.82, 2.24) is 0 Å². The number of unbranched alkanes of at least 4 members (excludes halogenated alkanes) is 5. The summed E-state index contributed by atoms with van der Waals surface area (Å²) in [6.45, 7) is 15.3. The fraction of sp³-hybridized carbons (Fsp3) is 0.667. The predicted molar refractivity (Wildman–Crippen MR) is 120 cm³/mol. The van der Waals surface area contributed by atoms with Gasteiger partial charge in [-0.3, -0.25) is 0 Å². The normalized spacial score (nSPS) is 12.6. The minimum atomic E-state index is -1.66. The van der Waals surface area contributed by atoms with Crippen LogP contribution in [0, 0.1) is 0 Å². The van der Waals surface area contributed by atoms with Crippen LogP contribution in [0.2, 0.25) is 39.3 Å². The quantitative estimate of drug-likeness (QED) is 0.166. The van der Waals surface area contributed by atoms with E-state index in [2.05, 4.69) is 69.6 Å². The first-order valence-electron chi connectivity index (χ1n) is 10.1.